The molecule has 0 amide bonds. The van der Waals surface area contributed by atoms with E-state index in [2.05, 4.69) is 60.1 Å². The number of halogens is 1. The van der Waals surface area contributed by atoms with E-state index in [1.54, 1.807) is 6.20 Å². The highest BCUT2D eigenvalue weighted by Gasteiger charge is 2.40. The molecule has 188 valence electrons. The summed E-state index contributed by atoms with van der Waals surface area (Å²) < 4.78 is 0. The highest BCUT2D eigenvalue weighted by Crippen LogP contribution is 2.49. The van der Waals surface area contributed by atoms with E-state index in [0.29, 0.717) is 22.3 Å². The number of benzene rings is 1. The molecule has 1 spiro atoms. The van der Waals surface area contributed by atoms with Crippen molar-refractivity contribution in [2.45, 2.75) is 71.8 Å². The first-order chi connectivity index (χ1) is 16.8. The van der Waals surface area contributed by atoms with E-state index in [1.165, 1.54) is 32.1 Å². The van der Waals surface area contributed by atoms with Gasteiger partial charge in [-0.1, -0.05) is 31.4 Å². The van der Waals surface area contributed by atoms with Gasteiger partial charge in [0, 0.05) is 43.1 Å². The van der Waals surface area contributed by atoms with Crippen LogP contribution in [0.4, 0.5) is 23.1 Å². The molecule has 1 aromatic carbocycles. The van der Waals surface area contributed by atoms with E-state index >= 15 is 0 Å². The fourth-order valence-electron chi connectivity index (χ4n) is 5.09. The summed E-state index contributed by atoms with van der Waals surface area (Å²) in [5, 5.41) is 3.89. The minimum atomic E-state index is 0.328. The van der Waals surface area contributed by atoms with Gasteiger partial charge in [-0.3, -0.25) is 4.79 Å². The minimum Gasteiger partial charge on any atom is -0.372 e. The molecule has 35 heavy (non-hydrogen) atoms. The maximum Gasteiger partial charge on any atom is 0.227 e. The van der Waals surface area contributed by atoms with Gasteiger partial charge in [-0.2, -0.15) is 4.98 Å². The summed E-state index contributed by atoms with van der Waals surface area (Å²) in [6.45, 7) is 8.39. The number of aldehydes is 1. The predicted octanol–water partition coefficient (Wildman–Crippen LogP) is 6.87. The average Bonchev–Trinajstić information content (AvgIpc) is 2.84. The van der Waals surface area contributed by atoms with Crippen molar-refractivity contribution < 1.29 is 4.79 Å². The Labute approximate surface area is 214 Å². The molecule has 0 unspecified atom stereocenters. The molecule has 2 heterocycles. The van der Waals surface area contributed by atoms with Gasteiger partial charge in [0.2, 0.25) is 5.95 Å². The summed E-state index contributed by atoms with van der Waals surface area (Å²) >= 11 is 6.50. The van der Waals surface area contributed by atoms with Gasteiger partial charge < -0.3 is 15.1 Å². The molecule has 7 heteroatoms. The Morgan fingerprint density at radius 2 is 2.00 bits per heavy atom. The van der Waals surface area contributed by atoms with Crippen LogP contribution in [-0.2, 0) is 4.79 Å². The van der Waals surface area contributed by atoms with Crippen LogP contribution in [0.5, 0.6) is 0 Å². The number of carbonyl (C=O) groups excluding carboxylic acids is 1. The topological polar surface area (TPSA) is 61.4 Å². The number of nitrogens with zero attached hydrogens (tertiary/aromatic N) is 4. The third-order valence-corrected chi connectivity index (χ3v) is 8.00. The first-order valence-electron chi connectivity index (χ1n) is 12.9. The standard InChI is InChI=1S/C28H38ClN5O/c1-5-7-21(19-35)16-22-17-23(8-9-25(22)33(4)20(2)3)31-26-24(29)18-30-27(32-26)34-14-12-28(13-15-34)10-6-11-28/h8-9,16-20H,5-7,10-15H2,1-4H3,(H,30,31,32)/b21-16-. The summed E-state index contributed by atoms with van der Waals surface area (Å²) in [7, 11) is 2.07. The summed E-state index contributed by atoms with van der Waals surface area (Å²) in [5.41, 5.74) is 4.32. The lowest BCUT2D eigenvalue weighted by Gasteiger charge is -2.48. The molecule has 2 fully saturated rings. The number of carbonyl (C=O) groups is 1. The molecule has 1 N–H and O–H groups in total. The first-order valence-corrected chi connectivity index (χ1v) is 13.3. The summed E-state index contributed by atoms with van der Waals surface area (Å²) in [4.78, 5) is 25.5. The SMILES string of the molecule is CCC/C(C=O)=C/c1cc(Nc2nc(N3CCC4(CCC4)CC3)ncc2Cl)ccc1N(C)C(C)C. The van der Waals surface area contributed by atoms with Crippen LogP contribution >= 0.6 is 11.6 Å². The molecule has 1 saturated heterocycles. The second-order valence-corrected chi connectivity index (χ2v) is 10.8. The number of hydrogen-bond acceptors (Lipinski definition) is 6. The monoisotopic (exact) mass is 495 g/mol. The average molecular weight is 496 g/mol. The maximum atomic E-state index is 11.6. The van der Waals surface area contributed by atoms with Crippen molar-refractivity contribution in [2.75, 3.05) is 35.3 Å². The van der Waals surface area contributed by atoms with Gasteiger partial charge in [-0.05, 0) is 81.2 Å². The first kappa shape index (κ1) is 25.5. The summed E-state index contributed by atoms with van der Waals surface area (Å²) in [6.07, 6.45) is 12.9. The highest BCUT2D eigenvalue weighted by molar-refractivity contribution is 6.32. The second kappa shape index (κ2) is 11.0. The predicted molar refractivity (Wildman–Crippen MR) is 147 cm³/mol. The molecule has 0 atom stereocenters. The van der Waals surface area contributed by atoms with E-state index in [4.69, 9.17) is 16.6 Å². The number of allylic oxidation sites excluding steroid dienone is 1. The van der Waals surface area contributed by atoms with Crippen LogP contribution < -0.4 is 15.1 Å². The van der Waals surface area contributed by atoms with Crippen LogP contribution in [0, 0.1) is 5.41 Å². The smallest absolute Gasteiger partial charge is 0.227 e. The zero-order valence-corrected chi connectivity index (χ0v) is 22.2. The van der Waals surface area contributed by atoms with E-state index in [0.717, 1.165) is 60.7 Å². The van der Waals surface area contributed by atoms with E-state index < -0.39 is 0 Å². The Bertz CT molecular complexity index is 1070. The summed E-state index contributed by atoms with van der Waals surface area (Å²) in [5.74, 6) is 1.33. The van der Waals surface area contributed by atoms with Gasteiger partial charge in [-0.15, -0.1) is 0 Å². The second-order valence-electron chi connectivity index (χ2n) is 10.4. The molecule has 6 nitrogen and oxygen atoms in total. The number of anilines is 4. The molecular weight excluding hydrogens is 458 g/mol. The van der Waals surface area contributed by atoms with Crippen molar-refractivity contribution in [1.82, 2.24) is 9.97 Å². The fourth-order valence-corrected chi connectivity index (χ4v) is 5.23. The molecular formula is C28H38ClN5O. The molecule has 1 aliphatic heterocycles. The van der Waals surface area contributed by atoms with Gasteiger partial charge in [0.1, 0.15) is 11.3 Å². The van der Waals surface area contributed by atoms with Crippen LogP contribution in [-0.4, -0.2) is 42.4 Å². The van der Waals surface area contributed by atoms with Crippen molar-refractivity contribution in [3.63, 3.8) is 0 Å². The van der Waals surface area contributed by atoms with Gasteiger partial charge >= 0.3 is 0 Å². The normalized spacial score (nSPS) is 17.4. The molecule has 2 aromatic rings. The lowest BCUT2D eigenvalue weighted by molar-refractivity contribution is -0.105. The van der Waals surface area contributed by atoms with Gasteiger partial charge in [0.25, 0.3) is 0 Å². The van der Waals surface area contributed by atoms with Crippen molar-refractivity contribution in [3.05, 3.63) is 40.6 Å². The largest absolute Gasteiger partial charge is 0.372 e. The highest BCUT2D eigenvalue weighted by atomic mass is 35.5. The molecule has 1 saturated carbocycles. The zero-order chi connectivity index (χ0) is 25.0. The van der Waals surface area contributed by atoms with E-state index in [1.807, 2.05) is 12.1 Å². The van der Waals surface area contributed by atoms with E-state index in [9.17, 15) is 4.79 Å². The number of aromatic nitrogens is 2. The third kappa shape index (κ3) is 5.80. The molecule has 1 aromatic heterocycles. The van der Waals surface area contributed by atoms with Gasteiger partial charge in [0.15, 0.2) is 5.82 Å². The van der Waals surface area contributed by atoms with Gasteiger partial charge in [-0.25, -0.2) is 4.98 Å². The molecule has 4 rings (SSSR count). The van der Waals surface area contributed by atoms with E-state index in [-0.39, 0.29) is 0 Å². The Balaban J connectivity index is 1.59. The van der Waals surface area contributed by atoms with Crippen LogP contribution in [0.3, 0.4) is 0 Å². The van der Waals surface area contributed by atoms with Crippen LogP contribution in [0.15, 0.2) is 30.0 Å². The summed E-state index contributed by atoms with van der Waals surface area (Å²) in [6, 6.07) is 6.51. The third-order valence-electron chi connectivity index (χ3n) is 7.73. The fraction of sp³-hybridized carbons (Fsp3) is 0.536. The Morgan fingerprint density at radius 1 is 1.26 bits per heavy atom. The van der Waals surface area contributed by atoms with Crippen LogP contribution in [0.2, 0.25) is 5.02 Å². The Hall–Kier alpha value is -2.60. The van der Waals surface area contributed by atoms with Crippen molar-refractivity contribution >= 4 is 47.1 Å². The van der Waals surface area contributed by atoms with Crippen molar-refractivity contribution in [3.8, 4) is 0 Å². The van der Waals surface area contributed by atoms with Crippen molar-refractivity contribution in [2.24, 2.45) is 5.41 Å². The number of nitrogens with one attached hydrogen (secondary N) is 1. The number of rotatable bonds is 9. The van der Waals surface area contributed by atoms with Gasteiger partial charge in [0.05, 0.1) is 6.20 Å². The number of hydrogen-bond donors (Lipinski definition) is 1. The molecule has 0 bridgehead atoms. The Kier molecular flexibility index (Phi) is 8.00. The van der Waals surface area contributed by atoms with Crippen LogP contribution in [0.25, 0.3) is 6.08 Å². The van der Waals surface area contributed by atoms with Crippen molar-refractivity contribution in [1.29, 1.82) is 0 Å². The van der Waals surface area contributed by atoms with Crippen LogP contribution in [0.1, 0.15) is 71.3 Å². The number of piperidine rings is 1. The minimum absolute atomic E-state index is 0.328. The lowest BCUT2D eigenvalue weighted by Crippen LogP contribution is -2.44. The quantitative estimate of drug-likeness (QED) is 0.302. The maximum absolute atomic E-state index is 11.6. The molecule has 0 radical (unpaired) electrons. The molecule has 2 aliphatic rings. The lowest BCUT2D eigenvalue weighted by atomic mass is 9.63. The molecule has 1 aliphatic carbocycles. The Morgan fingerprint density at radius 3 is 2.60 bits per heavy atom. The zero-order valence-electron chi connectivity index (χ0n) is 21.5.